The fraction of sp³-hybridized carbons (Fsp3) is 0.417. The van der Waals surface area contributed by atoms with Gasteiger partial charge in [0.05, 0.1) is 10.0 Å². The highest BCUT2D eigenvalue weighted by Crippen LogP contribution is 2.26. The third kappa shape index (κ3) is 7.15. The predicted octanol–water partition coefficient (Wildman–Crippen LogP) is 5.44. The molecule has 2 amide bonds. The average Bonchev–Trinajstić information content (AvgIpc) is 2.76. The van der Waals surface area contributed by atoms with E-state index in [1.165, 1.54) is 4.90 Å². The molecule has 2 rings (SSSR count). The van der Waals surface area contributed by atoms with Gasteiger partial charge in [0, 0.05) is 13.1 Å². The Morgan fingerprint density at radius 2 is 1.77 bits per heavy atom. The molecule has 0 aliphatic heterocycles. The summed E-state index contributed by atoms with van der Waals surface area (Å²) in [5.74, 6) is 0.433. The lowest BCUT2D eigenvalue weighted by molar-refractivity contribution is -0.142. The Hall–Kier alpha value is -2.24. The van der Waals surface area contributed by atoms with Gasteiger partial charge in [0.1, 0.15) is 11.8 Å². The van der Waals surface area contributed by atoms with E-state index in [1.807, 2.05) is 31.2 Å². The van der Waals surface area contributed by atoms with Gasteiger partial charge in [-0.15, -0.1) is 0 Å². The molecule has 0 saturated heterocycles. The standard InChI is InChI=1S/C24H30Cl2N2O3/c1-5-12-27-24(30)17(4)28(14-18-10-11-20(25)21(26)13-18)23(29)15-31-22-9-7-6-8-19(22)16(2)3/h6-11,13,16-17H,5,12,14-15H2,1-4H3,(H,27,30)/t17-/m1/s1. The number of halogens is 2. The number of rotatable bonds is 10. The van der Waals surface area contributed by atoms with E-state index in [9.17, 15) is 9.59 Å². The first-order valence-corrected chi connectivity index (χ1v) is 11.2. The molecule has 0 unspecified atom stereocenters. The SMILES string of the molecule is CCCNC(=O)[C@@H](C)N(Cc1ccc(Cl)c(Cl)c1)C(=O)COc1ccccc1C(C)C. The topological polar surface area (TPSA) is 58.6 Å². The van der Waals surface area contributed by atoms with Crippen LogP contribution in [0.2, 0.25) is 10.0 Å². The summed E-state index contributed by atoms with van der Waals surface area (Å²) in [5.41, 5.74) is 1.81. The Morgan fingerprint density at radius 3 is 2.42 bits per heavy atom. The first kappa shape index (κ1) is 25.0. The molecule has 5 nitrogen and oxygen atoms in total. The van der Waals surface area contributed by atoms with Crippen molar-refractivity contribution < 1.29 is 14.3 Å². The number of carbonyl (C=O) groups is 2. The van der Waals surface area contributed by atoms with Gasteiger partial charge in [-0.05, 0) is 48.6 Å². The van der Waals surface area contributed by atoms with E-state index in [-0.39, 0.29) is 30.9 Å². The van der Waals surface area contributed by atoms with E-state index in [4.69, 9.17) is 27.9 Å². The number of nitrogens with zero attached hydrogens (tertiary/aromatic N) is 1. The van der Waals surface area contributed by atoms with Crippen LogP contribution in [0.1, 0.15) is 51.2 Å². The highest BCUT2D eigenvalue weighted by Gasteiger charge is 2.26. The second-order valence-electron chi connectivity index (χ2n) is 7.72. The maximum atomic E-state index is 13.1. The lowest BCUT2D eigenvalue weighted by Gasteiger charge is -2.29. The van der Waals surface area contributed by atoms with Crippen LogP contribution >= 0.6 is 23.2 Å². The van der Waals surface area contributed by atoms with Gasteiger partial charge in [0.15, 0.2) is 6.61 Å². The van der Waals surface area contributed by atoms with Crippen molar-refractivity contribution in [3.8, 4) is 5.75 Å². The number of carbonyl (C=O) groups excluding carboxylic acids is 2. The van der Waals surface area contributed by atoms with Crippen LogP contribution in [0.4, 0.5) is 0 Å². The van der Waals surface area contributed by atoms with Crippen molar-refractivity contribution in [3.63, 3.8) is 0 Å². The fourth-order valence-electron chi connectivity index (χ4n) is 3.12. The van der Waals surface area contributed by atoms with Crippen molar-refractivity contribution in [2.75, 3.05) is 13.2 Å². The molecule has 1 N–H and O–H groups in total. The average molecular weight is 465 g/mol. The molecule has 2 aromatic carbocycles. The summed E-state index contributed by atoms with van der Waals surface area (Å²) in [6.45, 7) is 8.42. The third-order valence-electron chi connectivity index (χ3n) is 4.95. The first-order valence-electron chi connectivity index (χ1n) is 10.5. The molecule has 31 heavy (non-hydrogen) atoms. The summed E-state index contributed by atoms with van der Waals surface area (Å²) in [5, 5.41) is 3.69. The summed E-state index contributed by atoms with van der Waals surface area (Å²) in [6.07, 6.45) is 0.814. The number of nitrogens with one attached hydrogen (secondary N) is 1. The highest BCUT2D eigenvalue weighted by molar-refractivity contribution is 6.42. The van der Waals surface area contributed by atoms with E-state index < -0.39 is 6.04 Å². The summed E-state index contributed by atoms with van der Waals surface area (Å²) >= 11 is 12.1. The van der Waals surface area contributed by atoms with Crippen LogP contribution < -0.4 is 10.1 Å². The zero-order valence-electron chi connectivity index (χ0n) is 18.5. The first-order chi connectivity index (χ1) is 14.7. The summed E-state index contributed by atoms with van der Waals surface area (Å²) in [4.78, 5) is 27.2. The van der Waals surface area contributed by atoms with Crippen LogP contribution in [0.3, 0.4) is 0 Å². The van der Waals surface area contributed by atoms with Gasteiger partial charge in [-0.3, -0.25) is 9.59 Å². The lowest BCUT2D eigenvalue weighted by atomic mass is 10.0. The Labute approximate surface area is 194 Å². The monoisotopic (exact) mass is 464 g/mol. The normalized spacial score (nSPS) is 11.8. The molecule has 7 heteroatoms. The van der Waals surface area contributed by atoms with Crippen LogP contribution in [-0.2, 0) is 16.1 Å². The molecular weight excluding hydrogens is 435 g/mol. The van der Waals surface area contributed by atoms with Crippen molar-refractivity contribution in [1.82, 2.24) is 10.2 Å². The third-order valence-corrected chi connectivity index (χ3v) is 5.68. The van der Waals surface area contributed by atoms with Crippen molar-refractivity contribution >= 4 is 35.0 Å². The minimum atomic E-state index is -0.669. The minimum absolute atomic E-state index is 0.170. The second-order valence-corrected chi connectivity index (χ2v) is 8.53. The maximum absolute atomic E-state index is 13.1. The van der Waals surface area contributed by atoms with Gasteiger partial charge < -0.3 is 15.0 Å². The predicted molar refractivity (Wildman–Crippen MR) is 126 cm³/mol. The molecule has 2 aromatic rings. The van der Waals surface area contributed by atoms with Crippen LogP contribution in [0, 0.1) is 0 Å². The quantitative estimate of drug-likeness (QED) is 0.509. The van der Waals surface area contributed by atoms with Crippen LogP contribution in [0.25, 0.3) is 0 Å². The minimum Gasteiger partial charge on any atom is -0.483 e. The summed E-state index contributed by atoms with van der Waals surface area (Å²) in [7, 11) is 0. The Kier molecular flexibility index (Phi) is 9.66. The zero-order chi connectivity index (χ0) is 23.0. The highest BCUT2D eigenvalue weighted by atomic mass is 35.5. The smallest absolute Gasteiger partial charge is 0.261 e. The fourth-order valence-corrected chi connectivity index (χ4v) is 3.45. The molecule has 0 spiro atoms. The van der Waals surface area contributed by atoms with Gasteiger partial charge in [-0.2, -0.15) is 0 Å². The van der Waals surface area contributed by atoms with E-state index in [0.717, 1.165) is 17.5 Å². The molecule has 0 radical (unpaired) electrons. The van der Waals surface area contributed by atoms with E-state index in [0.29, 0.717) is 22.3 Å². The lowest BCUT2D eigenvalue weighted by Crippen LogP contribution is -2.49. The molecule has 0 saturated carbocycles. The number of benzene rings is 2. The number of hydrogen-bond donors (Lipinski definition) is 1. The van der Waals surface area contributed by atoms with Gasteiger partial charge in [-0.1, -0.05) is 68.2 Å². The number of hydrogen-bond acceptors (Lipinski definition) is 3. The molecule has 168 valence electrons. The van der Waals surface area contributed by atoms with Crippen molar-refractivity contribution in [1.29, 1.82) is 0 Å². The summed E-state index contributed by atoms with van der Waals surface area (Å²) in [6, 6.07) is 12.2. The largest absolute Gasteiger partial charge is 0.483 e. The van der Waals surface area contributed by atoms with Crippen LogP contribution in [0.5, 0.6) is 5.75 Å². The second kappa shape index (κ2) is 12.0. The molecular formula is C24H30Cl2N2O3. The Balaban J connectivity index is 2.20. The van der Waals surface area contributed by atoms with E-state index in [2.05, 4.69) is 19.2 Å². The number of amides is 2. The van der Waals surface area contributed by atoms with Gasteiger partial charge in [0.2, 0.25) is 5.91 Å². The van der Waals surface area contributed by atoms with E-state index in [1.54, 1.807) is 25.1 Å². The molecule has 1 atom stereocenters. The molecule has 0 aromatic heterocycles. The number of para-hydroxylation sites is 1. The van der Waals surface area contributed by atoms with Gasteiger partial charge in [-0.25, -0.2) is 0 Å². The van der Waals surface area contributed by atoms with Crippen molar-refractivity contribution in [2.24, 2.45) is 0 Å². The van der Waals surface area contributed by atoms with Crippen LogP contribution in [-0.4, -0.2) is 35.9 Å². The van der Waals surface area contributed by atoms with Crippen LogP contribution in [0.15, 0.2) is 42.5 Å². The Morgan fingerprint density at radius 1 is 1.06 bits per heavy atom. The molecule has 0 bridgehead atoms. The van der Waals surface area contributed by atoms with Crippen molar-refractivity contribution in [3.05, 3.63) is 63.6 Å². The number of ether oxygens (including phenoxy) is 1. The van der Waals surface area contributed by atoms with Gasteiger partial charge >= 0.3 is 0 Å². The summed E-state index contributed by atoms with van der Waals surface area (Å²) < 4.78 is 5.86. The maximum Gasteiger partial charge on any atom is 0.261 e. The van der Waals surface area contributed by atoms with Gasteiger partial charge in [0.25, 0.3) is 5.91 Å². The molecule has 0 aliphatic carbocycles. The van der Waals surface area contributed by atoms with E-state index >= 15 is 0 Å². The molecule has 0 fully saturated rings. The Bertz CT molecular complexity index is 902. The molecule has 0 heterocycles. The zero-order valence-corrected chi connectivity index (χ0v) is 20.0. The van der Waals surface area contributed by atoms with Crippen molar-refractivity contribution in [2.45, 2.75) is 52.6 Å². The molecule has 0 aliphatic rings.